The average molecular weight is 350 g/mol. The zero-order valence-electron chi connectivity index (χ0n) is 13.5. The standard InChI is InChI=1S/C17H19FN2O3S/c1-3-24(22,23)20(2)15-10-8-13(9-11-15)17(21)19-12-14-6-4-5-7-16(14)18/h4-11H,3,12H2,1-2H3,(H,19,21). The Morgan fingerprint density at radius 2 is 1.75 bits per heavy atom. The molecule has 0 spiro atoms. The van der Waals surface area contributed by atoms with E-state index >= 15 is 0 Å². The molecular formula is C17H19FN2O3S. The number of anilines is 1. The molecule has 0 aromatic heterocycles. The molecule has 0 bridgehead atoms. The van der Waals surface area contributed by atoms with E-state index in [1.807, 2.05) is 0 Å². The summed E-state index contributed by atoms with van der Waals surface area (Å²) in [5.74, 6) is -0.737. The maximum Gasteiger partial charge on any atom is 0.251 e. The minimum absolute atomic E-state index is 0.00558. The van der Waals surface area contributed by atoms with Crippen LogP contribution in [0.4, 0.5) is 10.1 Å². The average Bonchev–Trinajstić information content (AvgIpc) is 2.60. The predicted octanol–water partition coefficient (Wildman–Crippen LogP) is 2.54. The molecule has 0 atom stereocenters. The highest BCUT2D eigenvalue weighted by atomic mass is 32.2. The van der Waals surface area contributed by atoms with Gasteiger partial charge in [-0.25, -0.2) is 12.8 Å². The van der Waals surface area contributed by atoms with Crippen molar-refractivity contribution in [2.45, 2.75) is 13.5 Å². The van der Waals surface area contributed by atoms with Gasteiger partial charge in [0.15, 0.2) is 0 Å². The molecule has 0 fully saturated rings. The lowest BCUT2D eigenvalue weighted by Gasteiger charge is -2.18. The van der Waals surface area contributed by atoms with Gasteiger partial charge in [0.2, 0.25) is 10.0 Å². The summed E-state index contributed by atoms with van der Waals surface area (Å²) in [4.78, 5) is 12.1. The molecule has 0 aliphatic carbocycles. The third kappa shape index (κ3) is 4.11. The van der Waals surface area contributed by atoms with E-state index in [1.54, 1.807) is 37.3 Å². The molecule has 0 heterocycles. The number of nitrogens with zero attached hydrogens (tertiary/aromatic N) is 1. The van der Waals surface area contributed by atoms with Crippen LogP contribution >= 0.6 is 0 Å². The van der Waals surface area contributed by atoms with Crippen LogP contribution < -0.4 is 9.62 Å². The summed E-state index contributed by atoms with van der Waals surface area (Å²) in [6.07, 6.45) is 0. The minimum atomic E-state index is -3.34. The van der Waals surface area contributed by atoms with E-state index in [9.17, 15) is 17.6 Å². The lowest BCUT2D eigenvalue weighted by molar-refractivity contribution is 0.0950. The molecule has 0 unspecified atom stereocenters. The van der Waals surface area contributed by atoms with Crippen molar-refractivity contribution in [3.05, 3.63) is 65.5 Å². The highest BCUT2D eigenvalue weighted by molar-refractivity contribution is 7.92. The molecule has 5 nitrogen and oxygen atoms in total. The maximum absolute atomic E-state index is 13.5. The molecule has 0 aliphatic rings. The van der Waals surface area contributed by atoms with Gasteiger partial charge in [-0.1, -0.05) is 18.2 Å². The van der Waals surface area contributed by atoms with Crippen molar-refractivity contribution >= 4 is 21.6 Å². The first-order valence-electron chi connectivity index (χ1n) is 7.43. The van der Waals surface area contributed by atoms with Crippen LogP contribution in [0, 0.1) is 5.82 Å². The van der Waals surface area contributed by atoms with Gasteiger partial charge >= 0.3 is 0 Å². The first kappa shape index (κ1) is 17.9. The zero-order chi connectivity index (χ0) is 17.7. The third-order valence-electron chi connectivity index (χ3n) is 3.67. The number of hydrogen-bond donors (Lipinski definition) is 1. The summed E-state index contributed by atoms with van der Waals surface area (Å²) in [6, 6.07) is 12.4. The van der Waals surface area contributed by atoms with Gasteiger partial charge in [0.25, 0.3) is 5.91 Å². The second-order valence-electron chi connectivity index (χ2n) is 5.19. The van der Waals surface area contributed by atoms with Gasteiger partial charge < -0.3 is 5.32 Å². The summed E-state index contributed by atoms with van der Waals surface area (Å²) in [6.45, 7) is 1.65. The Labute approximate surface area is 141 Å². The molecule has 7 heteroatoms. The molecule has 0 saturated heterocycles. The number of sulfonamides is 1. The number of hydrogen-bond acceptors (Lipinski definition) is 3. The summed E-state index contributed by atoms with van der Waals surface area (Å²) in [5, 5.41) is 2.64. The summed E-state index contributed by atoms with van der Waals surface area (Å²) in [7, 11) is -1.88. The topological polar surface area (TPSA) is 66.5 Å². The van der Waals surface area contributed by atoms with Crippen molar-refractivity contribution in [1.82, 2.24) is 5.32 Å². The fraction of sp³-hybridized carbons (Fsp3) is 0.235. The Kier molecular flexibility index (Phi) is 5.56. The van der Waals surface area contributed by atoms with Crippen molar-refractivity contribution in [2.24, 2.45) is 0 Å². The van der Waals surface area contributed by atoms with Crippen LogP contribution in [0.25, 0.3) is 0 Å². The van der Waals surface area contributed by atoms with Crippen LogP contribution in [0.5, 0.6) is 0 Å². The molecule has 0 radical (unpaired) electrons. The second-order valence-corrected chi connectivity index (χ2v) is 7.48. The quantitative estimate of drug-likeness (QED) is 0.871. The molecule has 0 aliphatic heterocycles. The fourth-order valence-electron chi connectivity index (χ4n) is 2.10. The minimum Gasteiger partial charge on any atom is -0.348 e. The molecule has 24 heavy (non-hydrogen) atoms. The van der Waals surface area contributed by atoms with Crippen LogP contribution in [-0.2, 0) is 16.6 Å². The molecule has 128 valence electrons. The van der Waals surface area contributed by atoms with Crippen molar-refractivity contribution in [3.63, 3.8) is 0 Å². The molecule has 2 rings (SSSR count). The van der Waals surface area contributed by atoms with Crippen LogP contribution in [0.15, 0.2) is 48.5 Å². The van der Waals surface area contributed by atoms with Crippen LogP contribution in [0.1, 0.15) is 22.8 Å². The molecule has 1 N–H and O–H groups in total. The van der Waals surface area contributed by atoms with E-state index in [2.05, 4.69) is 5.32 Å². The number of benzene rings is 2. The second kappa shape index (κ2) is 7.44. The lowest BCUT2D eigenvalue weighted by Crippen LogP contribution is -2.28. The first-order valence-corrected chi connectivity index (χ1v) is 9.04. The fourth-order valence-corrected chi connectivity index (χ4v) is 2.93. The van der Waals surface area contributed by atoms with E-state index in [1.165, 1.54) is 29.6 Å². The molecule has 2 aromatic carbocycles. The van der Waals surface area contributed by atoms with Gasteiger partial charge in [-0.2, -0.15) is 0 Å². The monoisotopic (exact) mass is 350 g/mol. The van der Waals surface area contributed by atoms with Gasteiger partial charge in [-0.15, -0.1) is 0 Å². The van der Waals surface area contributed by atoms with E-state index in [4.69, 9.17) is 0 Å². The van der Waals surface area contributed by atoms with E-state index < -0.39 is 10.0 Å². The SMILES string of the molecule is CCS(=O)(=O)N(C)c1ccc(C(=O)NCc2ccccc2F)cc1. The molecule has 0 saturated carbocycles. The van der Waals surface area contributed by atoms with E-state index in [-0.39, 0.29) is 24.0 Å². The summed E-state index contributed by atoms with van der Waals surface area (Å²) in [5.41, 5.74) is 1.25. The lowest BCUT2D eigenvalue weighted by atomic mass is 10.1. The maximum atomic E-state index is 13.5. The Bertz CT molecular complexity index is 820. The molecule has 2 aromatic rings. The third-order valence-corrected chi connectivity index (χ3v) is 5.45. The highest BCUT2D eigenvalue weighted by Crippen LogP contribution is 2.17. The number of carbonyl (C=O) groups is 1. The summed E-state index contributed by atoms with van der Waals surface area (Å²) < 4.78 is 38.3. The van der Waals surface area contributed by atoms with Crippen LogP contribution in [-0.4, -0.2) is 27.1 Å². The Morgan fingerprint density at radius 3 is 2.33 bits per heavy atom. The largest absolute Gasteiger partial charge is 0.348 e. The van der Waals surface area contributed by atoms with Gasteiger partial charge in [0.05, 0.1) is 11.4 Å². The number of amides is 1. The Balaban J connectivity index is 2.05. The molecule has 1 amide bonds. The van der Waals surface area contributed by atoms with E-state index in [0.29, 0.717) is 16.8 Å². The zero-order valence-corrected chi connectivity index (χ0v) is 14.3. The normalized spacial score (nSPS) is 11.1. The van der Waals surface area contributed by atoms with Crippen molar-refractivity contribution in [1.29, 1.82) is 0 Å². The van der Waals surface area contributed by atoms with Gasteiger partial charge in [0, 0.05) is 24.7 Å². The predicted molar refractivity (Wildman–Crippen MR) is 91.9 cm³/mol. The number of halogens is 1. The number of nitrogens with one attached hydrogen (secondary N) is 1. The Morgan fingerprint density at radius 1 is 1.12 bits per heavy atom. The van der Waals surface area contributed by atoms with Crippen molar-refractivity contribution in [2.75, 3.05) is 17.1 Å². The first-order chi connectivity index (χ1) is 11.3. The van der Waals surface area contributed by atoms with Crippen LogP contribution in [0.3, 0.4) is 0 Å². The smallest absolute Gasteiger partial charge is 0.251 e. The number of rotatable bonds is 6. The number of carbonyl (C=O) groups excluding carboxylic acids is 1. The summed E-state index contributed by atoms with van der Waals surface area (Å²) >= 11 is 0. The van der Waals surface area contributed by atoms with Gasteiger partial charge in [0.1, 0.15) is 5.82 Å². The van der Waals surface area contributed by atoms with Gasteiger partial charge in [-0.05, 0) is 37.3 Å². The van der Waals surface area contributed by atoms with Crippen molar-refractivity contribution in [3.8, 4) is 0 Å². The Hall–Kier alpha value is -2.41. The highest BCUT2D eigenvalue weighted by Gasteiger charge is 2.16. The van der Waals surface area contributed by atoms with Gasteiger partial charge in [-0.3, -0.25) is 9.10 Å². The van der Waals surface area contributed by atoms with E-state index in [0.717, 1.165) is 0 Å². The van der Waals surface area contributed by atoms with Crippen molar-refractivity contribution < 1.29 is 17.6 Å². The molecular weight excluding hydrogens is 331 g/mol. The van der Waals surface area contributed by atoms with Crippen LogP contribution in [0.2, 0.25) is 0 Å².